The van der Waals surface area contributed by atoms with Gasteiger partial charge in [-0.1, -0.05) is 18.5 Å². The Morgan fingerprint density at radius 1 is 1.38 bits per heavy atom. The van der Waals surface area contributed by atoms with Gasteiger partial charge in [0.25, 0.3) is 11.8 Å². The van der Waals surface area contributed by atoms with Crippen LogP contribution in [-0.2, 0) is 4.79 Å². The van der Waals surface area contributed by atoms with Crippen molar-refractivity contribution in [3.05, 3.63) is 32.4 Å². The van der Waals surface area contributed by atoms with Crippen molar-refractivity contribution in [2.45, 2.75) is 38.1 Å². The number of carbonyl (C=O) groups excluding carboxylic acids is 3. The highest BCUT2D eigenvalue weighted by Gasteiger charge is 2.52. The maximum absolute atomic E-state index is 12.7. The number of amides is 4. The summed E-state index contributed by atoms with van der Waals surface area (Å²) < 4.78 is 0.719. The fraction of sp³-hybridized carbons (Fsp3) is 0.438. The topological polar surface area (TPSA) is 78.5 Å². The van der Waals surface area contributed by atoms with Gasteiger partial charge in [0.2, 0.25) is 0 Å². The van der Waals surface area contributed by atoms with Gasteiger partial charge in [0.1, 0.15) is 5.54 Å². The van der Waals surface area contributed by atoms with Crippen molar-refractivity contribution in [3.63, 3.8) is 0 Å². The fourth-order valence-corrected chi connectivity index (χ4v) is 3.75. The Morgan fingerprint density at radius 2 is 2.04 bits per heavy atom. The van der Waals surface area contributed by atoms with Gasteiger partial charge in [-0.3, -0.25) is 15.0 Å². The number of halogens is 2. The van der Waals surface area contributed by atoms with Crippen LogP contribution in [0.2, 0.25) is 5.02 Å². The molecule has 0 atom stereocenters. The first-order valence-corrected chi connectivity index (χ1v) is 9.21. The van der Waals surface area contributed by atoms with Crippen LogP contribution >= 0.6 is 34.2 Å². The molecule has 6 nitrogen and oxygen atoms in total. The van der Waals surface area contributed by atoms with Crippen LogP contribution < -0.4 is 10.7 Å². The normalized spacial score (nSPS) is 26.6. The number of hydrazine groups is 1. The molecule has 2 fully saturated rings. The lowest BCUT2D eigenvalue weighted by molar-refractivity contribution is -0.134. The average molecular weight is 462 g/mol. The number of rotatable bonds is 2. The molecule has 1 heterocycles. The number of imide groups is 1. The summed E-state index contributed by atoms with van der Waals surface area (Å²) in [5.41, 5.74) is 1.88. The standard InChI is InChI=1S/C16H17ClIN3O3/c1-9-4-6-16(7-5-9)14(23)21(15(24)19-16)20-13(22)10-2-3-11(17)12(18)8-10/h2-3,8-9H,4-7H2,1H3,(H,19,24)(H,20,22). The van der Waals surface area contributed by atoms with E-state index in [-0.39, 0.29) is 5.91 Å². The minimum absolute atomic E-state index is 0.336. The van der Waals surface area contributed by atoms with Gasteiger partial charge in [-0.05, 0) is 72.4 Å². The lowest BCUT2D eigenvalue weighted by Gasteiger charge is -2.33. The smallest absolute Gasteiger partial charge is 0.322 e. The number of nitrogens with one attached hydrogen (secondary N) is 2. The quantitative estimate of drug-likeness (QED) is 0.525. The van der Waals surface area contributed by atoms with E-state index in [1.54, 1.807) is 18.2 Å². The highest BCUT2D eigenvalue weighted by molar-refractivity contribution is 14.1. The summed E-state index contributed by atoms with van der Waals surface area (Å²) in [4.78, 5) is 37.2. The third-order valence-electron chi connectivity index (χ3n) is 4.68. The Kier molecular flexibility index (Phi) is 4.74. The minimum Gasteiger partial charge on any atom is -0.322 e. The Balaban J connectivity index is 1.75. The predicted molar refractivity (Wildman–Crippen MR) is 97.4 cm³/mol. The van der Waals surface area contributed by atoms with E-state index >= 15 is 0 Å². The van der Waals surface area contributed by atoms with Crippen LogP contribution in [0.1, 0.15) is 43.0 Å². The number of nitrogens with zero attached hydrogens (tertiary/aromatic N) is 1. The molecule has 2 N–H and O–H groups in total. The molecule has 0 bridgehead atoms. The second-order valence-corrected chi connectivity index (χ2v) is 7.97. The third kappa shape index (κ3) is 3.11. The number of hydrogen-bond acceptors (Lipinski definition) is 3. The molecule has 1 saturated carbocycles. The number of urea groups is 1. The van der Waals surface area contributed by atoms with Crippen molar-refractivity contribution in [2.75, 3.05) is 0 Å². The summed E-state index contributed by atoms with van der Waals surface area (Å²) in [6.45, 7) is 2.13. The molecule has 1 aliphatic heterocycles. The van der Waals surface area contributed by atoms with E-state index in [1.807, 2.05) is 22.6 Å². The second kappa shape index (κ2) is 6.51. The van der Waals surface area contributed by atoms with Crippen molar-refractivity contribution >= 4 is 52.0 Å². The summed E-state index contributed by atoms with van der Waals surface area (Å²) in [7, 11) is 0. The summed E-state index contributed by atoms with van der Waals surface area (Å²) in [6, 6.07) is 4.19. The Hall–Kier alpha value is -1.35. The molecule has 1 aliphatic carbocycles. The molecule has 24 heavy (non-hydrogen) atoms. The number of hydrogen-bond donors (Lipinski definition) is 2. The highest BCUT2D eigenvalue weighted by Crippen LogP contribution is 2.35. The predicted octanol–water partition coefficient (Wildman–Crippen LogP) is 3.09. The maximum atomic E-state index is 12.7. The molecule has 0 aromatic heterocycles. The second-order valence-electron chi connectivity index (χ2n) is 6.41. The SMILES string of the molecule is CC1CCC2(CC1)NC(=O)N(NC(=O)c1ccc(Cl)c(I)c1)C2=O. The summed E-state index contributed by atoms with van der Waals surface area (Å²) in [5.74, 6) is -0.356. The van der Waals surface area contributed by atoms with Gasteiger partial charge in [-0.15, -0.1) is 0 Å². The largest absolute Gasteiger partial charge is 0.344 e. The summed E-state index contributed by atoms with van der Waals surface area (Å²) in [5, 5.41) is 4.11. The highest BCUT2D eigenvalue weighted by atomic mass is 127. The third-order valence-corrected chi connectivity index (χ3v) is 6.23. The van der Waals surface area contributed by atoms with E-state index in [1.165, 1.54) is 0 Å². The van der Waals surface area contributed by atoms with Crippen LogP contribution in [0, 0.1) is 9.49 Å². The van der Waals surface area contributed by atoms with Gasteiger partial charge in [0.15, 0.2) is 0 Å². The number of benzene rings is 1. The first-order chi connectivity index (χ1) is 11.3. The van der Waals surface area contributed by atoms with Gasteiger partial charge in [-0.25, -0.2) is 4.79 Å². The number of carbonyl (C=O) groups is 3. The van der Waals surface area contributed by atoms with Gasteiger partial charge < -0.3 is 5.32 Å². The van der Waals surface area contributed by atoms with E-state index in [2.05, 4.69) is 17.7 Å². The Morgan fingerprint density at radius 3 is 2.67 bits per heavy atom. The first kappa shape index (κ1) is 17.5. The lowest BCUT2D eigenvalue weighted by Crippen LogP contribution is -2.51. The van der Waals surface area contributed by atoms with Gasteiger partial charge in [0.05, 0.1) is 5.02 Å². The van der Waals surface area contributed by atoms with Crippen molar-refractivity contribution in [1.82, 2.24) is 15.8 Å². The van der Waals surface area contributed by atoms with Crippen LogP contribution in [0.3, 0.4) is 0 Å². The zero-order valence-corrected chi connectivity index (χ0v) is 16.0. The minimum atomic E-state index is -0.870. The van der Waals surface area contributed by atoms with Gasteiger partial charge in [-0.2, -0.15) is 5.01 Å². The van der Waals surface area contributed by atoms with Crippen molar-refractivity contribution in [2.24, 2.45) is 5.92 Å². The molecule has 1 aromatic carbocycles. The Bertz CT molecular complexity index is 717. The van der Waals surface area contributed by atoms with Crippen molar-refractivity contribution in [3.8, 4) is 0 Å². The molecule has 128 valence electrons. The van der Waals surface area contributed by atoms with E-state index in [9.17, 15) is 14.4 Å². The molecule has 2 aliphatic rings. The molecular weight excluding hydrogens is 445 g/mol. The van der Waals surface area contributed by atoms with E-state index < -0.39 is 17.5 Å². The summed E-state index contributed by atoms with van der Waals surface area (Å²) >= 11 is 7.96. The first-order valence-electron chi connectivity index (χ1n) is 7.75. The molecule has 1 spiro atoms. The summed E-state index contributed by atoms with van der Waals surface area (Å²) in [6.07, 6.45) is 2.96. The van der Waals surface area contributed by atoms with Crippen LogP contribution in [-0.4, -0.2) is 28.4 Å². The van der Waals surface area contributed by atoms with Crippen LogP contribution in [0.5, 0.6) is 0 Å². The molecule has 3 rings (SSSR count). The molecule has 8 heteroatoms. The van der Waals surface area contributed by atoms with Crippen LogP contribution in [0.25, 0.3) is 0 Å². The molecule has 1 aromatic rings. The van der Waals surface area contributed by atoms with Crippen LogP contribution in [0.4, 0.5) is 4.79 Å². The maximum Gasteiger partial charge on any atom is 0.344 e. The Labute approximate surface area is 158 Å². The zero-order valence-electron chi connectivity index (χ0n) is 13.1. The lowest BCUT2D eigenvalue weighted by atomic mass is 9.77. The van der Waals surface area contributed by atoms with Crippen LogP contribution in [0.15, 0.2) is 18.2 Å². The van der Waals surface area contributed by atoms with Crippen molar-refractivity contribution < 1.29 is 14.4 Å². The van der Waals surface area contributed by atoms with E-state index in [0.29, 0.717) is 29.3 Å². The molecule has 4 amide bonds. The zero-order chi connectivity index (χ0) is 17.5. The fourth-order valence-electron chi connectivity index (χ4n) is 3.12. The molecule has 0 unspecified atom stereocenters. The molecular formula is C16H17ClIN3O3. The molecule has 1 saturated heterocycles. The van der Waals surface area contributed by atoms with E-state index in [0.717, 1.165) is 21.4 Å². The van der Waals surface area contributed by atoms with Crippen molar-refractivity contribution in [1.29, 1.82) is 0 Å². The molecule has 0 radical (unpaired) electrons. The van der Waals surface area contributed by atoms with Gasteiger partial charge >= 0.3 is 6.03 Å². The van der Waals surface area contributed by atoms with E-state index in [4.69, 9.17) is 11.6 Å². The monoisotopic (exact) mass is 461 g/mol. The van der Waals surface area contributed by atoms with Gasteiger partial charge in [0, 0.05) is 9.13 Å². The average Bonchev–Trinajstić information content (AvgIpc) is 2.77.